The fourth-order valence-electron chi connectivity index (χ4n) is 3.06. The first-order chi connectivity index (χ1) is 13.5. The Morgan fingerprint density at radius 3 is 2.71 bits per heavy atom. The van der Waals surface area contributed by atoms with E-state index in [1.807, 2.05) is 67.3 Å². The van der Waals surface area contributed by atoms with Crippen molar-refractivity contribution in [2.75, 3.05) is 6.54 Å². The lowest BCUT2D eigenvalue weighted by atomic mass is 10.1. The van der Waals surface area contributed by atoms with Gasteiger partial charge in [0.05, 0.1) is 6.20 Å². The maximum atomic E-state index is 12.4. The van der Waals surface area contributed by atoms with Crippen LogP contribution in [0, 0.1) is 20.8 Å². The lowest BCUT2D eigenvalue weighted by Crippen LogP contribution is -2.25. The number of carbonyl (C=O) groups excluding carboxylic acids is 1. The summed E-state index contributed by atoms with van der Waals surface area (Å²) >= 11 is 0. The second-order valence-corrected chi connectivity index (χ2v) is 7.15. The van der Waals surface area contributed by atoms with Gasteiger partial charge in [-0.15, -0.1) is 0 Å². The number of hydrogen-bond acceptors (Lipinski definition) is 3. The number of carbonyl (C=O) groups is 1. The fourth-order valence-corrected chi connectivity index (χ4v) is 3.06. The van der Waals surface area contributed by atoms with Crippen molar-refractivity contribution in [3.05, 3.63) is 82.7 Å². The molecule has 0 atom stereocenters. The molecule has 28 heavy (non-hydrogen) atoms. The smallest absolute Gasteiger partial charge is 0.251 e. The molecule has 1 aromatic heterocycles. The Labute approximate surface area is 166 Å². The Morgan fingerprint density at radius 1 is 1.11 bits per heavy atom. The van der Waals surface area contributed by atoms with Gasteiger partial charge in [0.1, 0.15) is 12.4 Å². The molecule has 0 fully saturated rings. The zero-order valence-electron chi connectivity index (χ0n) is 16.7. The minimum absolute atomic E-state index is 0.0648. The van der Waals surface area contributed by atoms with Crippen LogP contribution in [0.5, 0.6) is 5.75 Å². The Kier molecular flexibility index (Phi) is 6.48. The zero-order valence-corrected chi connectivity index (χ0v) is 16.7. The van der Waals surface area contributed by atoms with Gasteiger partial charge in [-0.1, -0.05) is 29.8 Å². The van der Waals surface area contributed by atoms with Gasteiger partial charge in [-0.3, -0.25) is 9.48 Å². The standard InChI is InChI=1S/C23H27N3O2/c1-17-8-9-22(19(3)12-17)28-16-20-6-4-7-21(13-20)23(27)24-10-5-11-26-15-18(2)14-25-26/h4,6-9,12-15H,5,10-11,16H2,1-3H3,(H,24,27). The van der Waals surface area contributed by atoms with E-state index in [9.17, 15) is 4.79 Å². The van der Waals surface area contributed by atoms with E-state index in [1.54, 1.807) is 0 Å². The SMILES string of the molecule is Cc1ccc(OCc2cccc(C(=O)NCCCn3cc(C)cn3)c2)c(C)c1. The summed E-state index contributed by atoms with van der Waals surface area (Å²) in [5.41, 5.74) is 5.09. The summed E-state index contributed by atoms with van der Waals surface area (Å²) in [5, 5.41) is 7.22. The topological polar surface area (TPSA) is 56.1 Å². The van der Waals surface area contributed by atoms with Gasteiger partial charge < -0.3 is 10.1 Å². The number of nitrogens with one attached hydrogen (secondary N) is 1. The van der Waals surface area contributed by atoms with Crippen molar-refractivity contribution in [2.45, 2.75) is 40.3 Å². The Balaban J connectivity index is 1.49. The molecule has 2 aromatic carbocycles. The van der Waals surface area contributed by atoms with Crippen LogP contribution in [0.25, 0.3) is 0 Å². The highest BCUT2D eigenvalue weighted by Crippen LogP contribution is 2.20. The number of aromatic nitrogens is 2. The molecular weight excluding hydrogens is 350 g/mol. The first-order valence-electron chi connectivity index (χ1n) is 9.57. The molecule has 0 unspecified atom stereocenters. The maximum absolute atomic E-state index is 12.4. The van der Waals surface area contributed by atoms with Crippen molar-refractivity contribution >= 4 is 5.91 Å². The molecule has 3 rings (SSSR count). The van der Waals surface area contributed by atoms with Crippen LogP contribution >= 0.6 is 0 Å². The molecule has 146 valence electrons. The van der Waals surface area contributed by atoms with Crippen molar-refractivity contribution < 1.29 is 9.53 Å². The minimum Gasteiger partial charge on any atom is -0.489 e. The number of amides is 1. The van der Waals surface area contributed by atoms with Crippen LogP contribution in [0.2, 0.25) is 0 Å². The summed E-state index contributed by atoms with van der Waals surface area (Å²) in [6, 6.07) is 13.7. The van der Waals surface area contributed by atoms with Crippen LogP contribution in [-0.4, -0.2) is 22.2 Å². The molecule has 1 heterocycles. The molecular formula is C23H27N3O2. The molecule has 0 spiro atoms. The van der Waals surface area contributed by atoms with E-state index < -0.39 is 0 Å². The predicted octanol–water partition coefficient (Wildman–Crippen LogP) is 4.21. The molecule has 3 aromatic rings. The Morgan fingerprint density at radius 2 is 1.96 bits per heavy atom. The number of ether oxygens (including phenoxy) is 1. The molecule has 0 radical (unpaired) electrons. The largest absolute Gasteiger partial charge is 0.489 e. The van der Waals surface area contributed by atoms with Crippen molar-refractivity contribution in [3.8, 4) is 5.75 Å². The molecule has 5 heteroatoms. The van der Waals surface area contributed by atoms with Gasteiger partial charge in [-0.25, -0.2) is 0 Å². The Hall–Kier alpha value is -3.08. The molecule has 1 amide bonds. The highest BCUT2D eigenvalue weighted by molar-refractivity contribution is 5.94. The van der Waals surface area contributed by atoms with Crippen molar-refractivity contribution in [3.63, 3.8) is 0 Å². The predicted molar refractivity (Wildman–Crippen MR) is 111 cm³/mol. The van der Waals surface area contributed by atoms with E-state index >= 15 is 0 Å². The van der Waals surface area contributed by atoms with Crippen LogP contribution in [0.15, 0.2) is 54.9 Å². The number of rotatable bonds is 8. The van der Waals surface area contributed by atoms with Gasteiger partial charge in [0.15, 0.2) is 0 Å². The lowest BCUT2D eigenvalue weighted by molar-refractivity contribution is 0.0952. The van der Waals surface area contributed by atoms with E-state index in [-0.39, 0.29) is 5.91 Å². The second kappa shape index (κ2) is 9.22. The average Bonchev–Trinajstić information content (AvgIpc) is 3.10. The third kappa shape index (κ3) is 5.46. The molecule has 0 saturated heterocycles. The number of benzene rings is 2. The highest BCUT2D eigenvalue weighted by atomic mass is 16.5. The second-order valence-electron chi connectivity index (χ2n) is 7.15. The summed E-state index contributed by atoms with van der Waals surface area (Å²) < 4.78 is 7.82. The summed E-state index contributed by atoms with van der Waals surface area (Å²) in [7, 11) is 0. The molecule has 0 aliphatic rings. The van der Waals surface area contributed by atoms with E-state index in [2.05, 4.69) is 23.4 Å². The summed E-state index contributed by atoms with van der Waals surface area (Å²) in [5.74, 6) is 0.805. The first-order valence-corrected chi connectivity index (χ1v) is 9.57. The molecule has 0 saturated carbocycles. The molecule has 0 aliphatic heterocycles. The van der Waals surface area contributed by atoms with Crippen molar-refractivity contribution in [2.24, 2.45) is 0 Å². The van der Waals surface area contributed by atoms with Crippen molar-refractivity contribution in [1.29, 1.82) is 0 Å². The molecule has 0 bridgehead atoms. The van der Waals surface area contributed by atoms with Crippen molar-refractivity contribution in [1.82, 2.24) is 15.1 Å². The van der Waals surface area contributed by atoms with E-state index in [0.29, 0.717) is 18.7 Å². The lowest BCUT2D eigenvalue weighted by Gasteiger charge is -2.11. The normalized spacial score (nSPS) is 10.7. The van der Waals surface area contributed by atoms with Crippen LogP contribution < -0.4 is 10.1 Å². The van der Waals surface area contributed by atoms with Crippen LogP contribution in [0.1, 0.15) is 39.0 Å². The number of hydrogen-bond donors (Lipinski definition) is 1. The third-order valence-corrected chi connectivity index (χ3v) is 4.53. The first kappa shape index (κ1) is 19.7. The summed E-state index contributed by atoms with van der Waals surface area (Å²) in [4.78, 5) is 12.4. The van der Waals surface area contributed by atoms with Gasteiger partial charge in [0, 0.05) is 24.8 Å². The maximum Gasteiger partial charge on any atom is 0.251 e. The summed E-state index contributed by atoms with van der Waals surface area (Å²) in [6.07, 6.45) is 4.67. The fraction of sp³-hybridized carbons (Fsp3) is 0.304. The quantitative estimate of drug-likeness (QED) is 0.599. The average molecular weight is 377 g/mol. The van der Waals surface area contributed by atoms with E-state index in [4.69, 9.17) is 4.74 Å². The third-order valence-electron chi connectivity index (χ3n) is 4.53. The Bertz CT molecular complexity index is 947. The number of aryl methyl sites for hydroxylation is 4. The van der Waals surface area contributed by atoms with Gasteiger partial charge in [-0.2, -0.15) is 5.10 Å². The monoisotopic (exact) mass is 377 g/mol. The van der Waals surface area contributed by atoms with Crippen LogP contribution in [-0.2, 0) is 13.2 Å². The number of nitrogens with zero attached hydrogens (tertiary/aromatic N) is 2. The molecule has 0 aliphatic carbocycles. The van der Waals surface area contributed by atoms with Gasteiger partial charge in [0.2, 0.25) is 0 Å². The zero-order chi connectivity index (χ0) is 19.9. The highest BCUT2D eigenvalue weighted by Gasteiger charge is 2.07. The van der Waals surface area contributed by atoms with E-state index in [0.717, 1.165) is 35.4 Å². The molecule has 1 N–H and O–H groups in total. The van der Waals surface area contributed by atoms with Gasteiger partial charge in [-0.05, 0) is 62.1 Å². The van der Waals surface area contributed by atoms with E-state index in [1.165, 1.54) is 5.56 Å². The van der Waals surface area contributed by atoms with Crippen LogP contribution in [0.4, 0.5) is 0 Å². The van der Waals surface area contributed by atoms with Gasteiger partial charge >= 0.3 is 0 Å². The minimum atomic E-state index is -0.0648. The summed E-state index contributed by atoms with van der Waals surface area (Å²) in [6.45, 7) is 7.95. The molecule has 5 nitrogen and oxygen atoms in total. The van der Waals surface area contributed by atoms with Crippen LogP contribution in [0.3, 0.4) is 0 Å². The van der Waals surface area contributed by atoms with Gasteiger partial charge in [0.25, 0.3) is 5.91 Å².